The lowest BCUT2D eigenvalue weighted by Crippen LogP contribution is -2.12. The fourth-order valence-electron chi connectivity index (χ4n) is 4.58. The maximum Gasteiger partial charge on any atom is 0.161 e. The molecule has 6 aromatic heterocycles. The maximum absolute atomic E-state index is 6.18. The molecular formula is C29H21ClN8S. The van der Waals surface area contributed by atoms with Crippen molar-refractivity contribution in [1.29, 1.82) is 0 Å². The highest BCUT2D eigenvalue weighted by molar-refractivity contribution is 7.19. The van der Waals surface area contributed by atoms with Gasteiger partial charge in [0.2, 0.25) is 0 Å². The summed E-state index contributed by atoms with van der Waals surface area (Å²) in [6.07, 6.45) is 7.29. The van der Waals surface area contributed by atoms with Gasteiger partial charge in [-0.2, -0.15) is 5.10 Å². The summed E-state index contributed by atoms with van der Waals surface area (Å²) in [7, 11) is 0. The molecule has 0 fully saturated rings. The van der Waals surface area contributed by atoms with Crippen molar-refractivity contribution in [3.8, 4) is 33.2 Å². The van der Waals surface area contributed by atoms with Crippen molar-refractivity contribution in [3.63, 3.8) is 0 Å². The van der Waals surface area contributed by atoms with Gasteiger partial charge in [0.1, 0.15) is 11.0 Å². The van der Waals surface area contributed by atoms with Gasteiger partial charge in [-0.3, -0.25) is 15.1 Å². The molecule has 10 heteroatoms. The first-order valence-electron chi connectivity index (χ1n) is 12.3. The SMILES string of the molecule is Clc1ccc(-c2cncc3[nH]c(-c4n[nH]c5ccc(-c6cncc(CNCc7ccccc7)c6)nc45)nc23)s1. The lowest BCUT2D eigenvalue weighted by molar-refractivity contribution is 0.691. The summed E-state index contributed by atoms with van der Waals surface area (Å²) in [6.45, 7) is 1.50. The smallest absolute Gasteiger partial charge is 0.161 e. The largest absolute Gasteiger partial charge is 0.335 e. The Labute approximate surface area is 232 Å². The number of thiophene rings is 1. The van der Waals surface area contributed by atoms with Crippen molar-refractivity contribution in [2.24, 2.45) is 0 Å². The first kappa shape index (κ1) is 23.7. The summed E-state index contributed by atoms with van der Waals surface area (Å²) in [6, 6.07) is 20.3. The molecular weight excluding hydrogens is 528 g/mol. The van der Waals surface area contributed by atoms with Crippen molar-refractivity contribution in [3.05, 3.63) is 101 Å². The fraction of sp³-hybridized carbons (Fsp3) is 0.0690. The number of pyridine rings is 3. The molecule has 0 saturated heterocycles. The third-order valence-corrected chi connectivity index (χ3v) is 7.72. The number of nitrogens with zero attached hydrogens (tertiary/aromatic N) is 5. The minimum atomic E-state index is 0.620. The Kier molecular flexibility index (Phi) is 6.08. The van der Waals surface area contributed by atoms with E-state index in [1.807, 2.05) is 61.1 Å². The molecule has 8 nitrogen and oxygen atoms in total. The number of halogens is 1. The van der Waals surface area contributed by atoms with Crippen LogP contribution in [-0.2, 0) is 13.1 Å². The van der Waals surface area contributed by atoms with Gasteiger partial charge in [-0.05, 0) is 41.5 Å². The predicted octanol–water partition coefficient (Wildman–Crippen LogP) is 6.63. The second kappa shape index (κ2) is 10.0. The van der Waals surface area contributed by atoms with E-state index in [9.17, 15) is 0 Å². The molecule has 39 heavy (non-hydrogen) atoms. The highest BCUT2D eigenvalue weighted by Crippen LogP contribution is 2.35. The molecule has 0 saturated carbocycles. The standard InChI is InChI=1S/C29H21ClN8S/c30-25-9-8-24(39-25)20-15-33-16-23-26(20)36-29(35-23)28-27-22(37-38-28)7-6-21(34-27)19-10-18(13-32-14-19)12-31-11-17-4-2-1-3-5-17/h1-10,13-16,31H,11-12H2,(H,35,36)(H,37,38). The minimum Gasteiger partial charge on any atom is -0.335 e. The molecule has 0 spiro atoms. The van der Waals surface area contributed by atoms with Crippen LogP contribution in [0.5, 0.6) is 0 Å². The Morgan fingerprint density at radius 1 is 0.795 bits per heavy atom. The minimum absolute atomic E-state index is 0.620. The number of nitrogens with one attached hydrogen (secondary N) is 3. The van der Waals surface area contributed by atoms with Crippen molar-refractivity contribution < 1.29 is 0 Å². The molecule has 0 aliphatic heterocycles. The van der Waals surface area contributed by atoms with E-state index in [2.05, 4.69) is 48.7 Å². The lowest BCUT2D eigenvalue weighted by atomic mass is 10.1. The molecule has 3 N–H and O–H groups in total. The molecule has 6 heterocycles. The number of benzene rings is 1. The van der Waals surface area contributed by atoms with E-state index >= 15 is 0 Å². The summed E-state index contributed by atoms with van der Waals surface area (Å²) < 4.78 is 0.721. The molecule has 7 aromatic rings. The van der Waals surface area contributed by atoms with Gasteiger partial charge in [0, 0.05) is 47.7 Å². The Hall–Kier alpha value is -4.44. The van der Waals surface area contributed by atoms with Crippen LogP contribution in [0.15, 0.2) is 85.5 Å². The first-order valence-corrected chi connectivity index (χ1v) is 13.5. The van der Waals surface area contributed by atoms with Crippen LogP contribution < -0.4 is 5.32 Å². The van der Waals surface area contributed by atoms with Gasteiger partial charge in [0.25, 0.3) is 0 Å². The van der Waals surface area contributed by atoms with E-state index in [0.29, 0.717) is 18.1 Å². The van der Waals surface area contributed by atoms with Crippen LogP contribution in [0.3, 0.4) is 0 Å². The van der Waals surface area contributed by atoms with Gasteiger partial charge in [0.05, 0.1) is 27.3 Å². The van der Waals surface area contributed by atoms with E-state index in [0.717, 1.165) is 60.2 Å². The van der Waals surface area contributed by atoms with Crippen LogP contribution in [0.4, 0.5) is 0 Å². The second-order valence-electron chi connectivity index (χ2n) is 9.11. The molecule has 0 atom stereocenters. The summed E-state index contributed by atoms with van der Waals surface area (Å²) in [5.41, 5.74) is 8.83. The van der Waals surface area contributed by atoms with Crippen LogP contribution >= 0.6 is 22.9 Å². The summed E-state index contributed by atoms with van der Waals surface area (Å²) in [4.78, 5) is 23.1. The van der Waals surface area contributed by atoms with Crippen LogP contribution in [0, 0.1) is 0 Å². The molecule has 1 aromatic carbocycles. The lowest BCUT2D eigenvalue weighted by Gasteiger charge is -2.07. The maximum atomic E-state index is 6.18. The van der Waals surface area contributed by atoms with E-state index in [-0.39, 0.29) is 0 Å². The van der Waals surface area contributed by atoms with Crippen LogP contribution in [-0.4, -0.2) is 35.1 Å². The van der Waals surface area contributed by atoms with Crippen molar-refractivity contribution >= 4 is 45.0 Å². The quantitative estimate of drug-likeness (QED) is 0.206. The molecule has 0 aliphatic carbocycles. The van der Waals surface area contributed by atoms with Crippen LogP contribution in [0.1, 0.15) is 11.1 Å². The first-order chi connectivity index (χ1) is 19.2. The number of rotatable bonds is 7. The zero-order chi connectivity index (χ0) is 26.2. The van der Waals surface area contributed by atoms with Gasteiger partial charge in [0.15, 0.2) is 11.5 Å². The molecule has 0 radical (unpaired) electrons. The second-order valence-corrected chi connectivity index (χ2v) is 10.8. The Balaban J connectivity index is 1.20. The average Bonchev–Trinajstić information content (AvgIpc) is 3.71. The highest BCUT2D eigenvalue weighted by atomic mass is 35.5. The van der Waals surface area contributed by atoms with Gasteiger partial charge in [-0.15, -0.1) is 11.3 Å². The topological polar surface area (TPSA) is 108 Å². The Morgan fingerprint density at radius 2 is 1.67 bits per heavy atom. The molecule has 0 amide bonds. The average molecular weight is 549 g/mol. The van der Waals surface area contributed by atoms with Crippen molar-refractivity contribution in [2.75, 3.05) is 0 Å². The third-order valence-electron chi connectivity index (χ3n) is 6.46. The molecule has 0 aliphatic rings. The van der Waals surface area contributed by atoms with Gasteiger partial charge >= 0.3 is 0 Å². The summed E-state index contributed by atoms with van der Waals surface area (Å²) >= 11 is 7.67. The van der Waals surface area contributed by atoms with Crippen LogP contribution in [0.2, 0.25) is 4.34 Å². The third kappa shape index (κ3) is 4.67. The highest BCUT2D eigenvalue weighted by Gasteiger charge is 2.18. The molecule has 0 bridgehead atoms. The summed E-state index contributed by atoms with van der Waals surface area (Å²) in [5, 5.41) is 11.1. The number of hydrogen-bond donors (Lipinski definition) is 3. The number of aromatic amines is 2. The van der Waals surface area contributed by atoms with E-state index in [4.69, 9.17) is 21.6 Å². The zero-order valence-corrected chi connectivity index (χ0v) is 22.1. The van der Waals surface area contributed by atoms with E-state index in [1.54, 1.807) is 6.20 Å². The number of imidazole rings is 1. The fourth-order valence-corrected chi connectivity index (χ4v) is 5.63. The summed E-state index contributed by atoms with van der Waals surface area (Å²) in [5.74, 6) is 0.620. The number of fused-ring (bicyclic) bond motifs is 2. The van der Waals surface area contributed by atoms with Crippen LogP contribution in [0.25, 0.3) is 55.3 Å². The van der Waals surface area contributed by atoms with Gasteiger partial charge in [-0.25, -0.2) is 9.97 Å². The zero-order valence-electron chi connectivity index (χ0n) is 20.5. The Morgan fingerprint density at radius 3 is 2.54 bits per heavy atom. The van der Waals surface area contributed by atoms with Gasteiger partial charge < -0.3 is 10.3 Å². The van der Waals surface area contributed by atoms with Gasteiger partial charge in [-0.1, -0.05) is 41.9 Å². The number of hydrogen-bond acceptors (Lipinski definition) is 7. The van der Waals surface area contributed by atoms with Crippen molar-refractivity contribution in [1.82, 2.24) is 40.4 Å². The molecule has 0 unspecified atom stereocenters. The molecule has 7 rings (SSSR count). The van der Waals surface area contributed by atoms with E-state index in [1.165, 1.54) is 16.9 Å². The normalized spacial score (nSPS) is 11.5. The monoisotopic (exact) mass is 548 g/mol. The number of aromatic nitrogens is 7. The van der Waals surface area contributed by atoms with E-state index < -0.39 is 0 Å². The Bertz CT molecular complexity index is 1920. The van der Waals surface area contributed by atoms with Crippen molar-refractivity contribution in [2.45, 2.75) is 13.1 Å². The number of H-pyrrole nitrogens is 2. The predicted molar refractivity (Wildman–Crippen MR) is 155 cm³/mol. The molecule has 190 valence electrons.